The van der Waals surface area contributed by atoms with Crippen LogP contribution < -0.4 is 11.1 Å². The van der Waals surface area contributed by atoms with Crippen molar-refractivity contribution in [2.24, 2.45) is 17.1 Å². The van der Waals surface area contributed by atoms with Crippen molar-refractivity contribution in [1.82, 2.24) is 5.32 Å². The molecule has 0 spiro atoms. The smallest absolute Gasteiger partial charge is 0.310 e. The lowest BCUT2D eigenvalue weighted by molar-refractivity contribution is -0.149. The van der Waals surface area contributed by atoms with Gasteiger partial charge < -0.3 is 15.8 Å². The van der Waals surface area contributed by atoms with Gasteiger partial charge in [-0.2, -0.15) is 0 Å². The number of primary amides is 1. The number of ether oxygens (including phenoxy) is 1. The van der Waals surface area contributed by atoms with Crippen molar-refractivity contribution < 1.29 is 14.3 Å². The molecule has 0 saturated heterocycles. The lowest BCUT2D eigenvalue weighted by Gasteiger charge is -2.22. The lowest BCUT2D eigenvalue weighted by atomic mass is 9.92. The summed E-state index contributed by atoms with van der Waals surface area (Å²) in [4.78, 5) is 23.0. The van der Waals surface area contributed by atoms with E-state index in [9.17, 15) is 9.59 Å². The van der Waals surface area contributed by atoms with E-state index >= 15 is 0 Å². The van der Waals surface area contributed by atoms with Crippen LogP contribution in [0.15, 0.2) is 30.3 Å². The Balaban J connectivity index is 2.30. The molecule has 0 aliphatic rings. The maximum atomic E-state index is 11.9. The third kappa shape index (κ3) is 5.95. The lowest BCUT2D eigenvalue weighted by Crippen LogP contribution is -2.42. The molecule has 116 valence electrons. The van der Waals surface area contributed by atoms with Gasteiger partial charge in [-0.05, 0) is 19.4 Å². The van der Waals surface area contributed by atoms with Gasteiger partial charge in [0.1, 0.15) is 6.61 Å². The Hall–Kier alpha value is -1.88. The number of nitrogens with one attached hydrogen (secondary N) is 1. The van der Waals surface area contributed by atoms with E-state index < -0.39 is 5.41 Å². The first-order valence-corrected chi connectivity index (χ1v) is 7.04. The van der Waals surface area contributed by atoms with E-state index in [1.54, 1.807) is 20.8 Å². The molecule has 0 bridgehead atoms. The van der Waals surface area contributed by atoms with Crippen LogP contribution >= 0.6 is 0 Å². The van der Waals surface area contributed by atoms with Crippen LogP contribution in [0.1, 0.15) is 26.3 Å². The molecule has 1 unspecified atom stereocenters. The predicted molar refractivity (Wildman–Crippen MR) is 81.2 cm³/mol. The number of hydrogen-bond acceptors (Lipinski definition) is 4. The maximum Gasteiger partial charge on any atom is 0.310 e. The SMILES string of the molecule is CC(CNCC(C)(C)C(N)=O)C(=O)OCc1ccccc1. The monoisotopic (exact) mass is 292 g/mol. The Morgan fingerprint density at radius 1 is 1.29 bits per heavy atom. The van der Waals surface area contributed by atoms with Gasteiger partial charge in [0.2, 0.25) is 5.91 Å². The molecule has 1 rings (SSSR count). The minimum Gasteiger partial charge on any atom is -0.461 e. The van der Waals surface area contributed by atoms with Gasteiger partial charge in [-0.1, -0.05) is 37.3 Å². The molecule has 0 radical (unpaired) electrons. The molecule has 1 aromatic rings. The summed E-state index contributed by atoms with van der Waals surface area (Å²) in [6.45, 7) is 6.47. The molecular formula is C16H24N2O3. The number of esters is 1. The maximum absolute atomic E-state index is 11.9. The van der Waals surface area contributed by atoms with Crippen LogP contribution in [0.2, 0.25) is 0 Å². The topological polar surface area (TPSA) is 81.4 Å². The molecule has 0 aliphatic carbocycles. The van der Waals surface area contributed by atoms with E-state index in [-0.39, 0.29) is 24.4 Å². The third-order valence-corrected chi connectivity index (χ3v) is 3.31. The van der Waals surface area contributed by atoms with Crippen LogP contribution in [0.5, 0.6) is 0 Å². The summed E-state index contributed by atoms with van der Waals surface area (Å²) in [5.41, 5.74) is 5.62. The van der Waals surface area contributed by atoms with Crippen molar-refractivity contribution in [3.05, 3.63) is 35.9 Å². The van der Waals surface area contributed by atoms with Gasteiger partial charge in [-0.15, -0.1) is 0 Å². The molecule has 1 atom stereocenters. The first-order valence-electron chi connectivity index (χ1n) is 7.04. The zero-order chi connectivity index (χ0) is 15.9. The second-order valence-corrected chi connectivity index (χ2v) is 5.87. The highest BCUT2D eigenvalue weighted by Gasteiger charge is 2.25. The van der Waals surface area contributed by atoms with Crippen LogP contribution in [0.4, 0.5) is 0 Å². The van der Waals surface area contributed by atoms with Crippen molar-refractivity contribution in [2.45, 2.75) is 27.4 Å². The Kier molecular flexibility index (Phi) is 6.37. The predicted octanol–water partition coefficient (Wildman–Crippen LogP) is 1.47. The number of benzene rings is 1. The molecule has 5 nitrogen and oxygen atoms in total. The van der Waals surface area contributed by atoms with Gasteiger partial charge in [0.25, 0.3) is 0 Å². The Morgan fingerprint density at radius 2 is 1.90 bits per heavy atom. The second-order valence-electron chi connectivity index (χ2n) is 5.87. The third-order valence-electron chi connectivity index (χ3n) is 3.31. The van der Waals surface area contributed by atoms with Crippen molar-refractivity contribution in [3.63, 3.8) is 0 Å². The summed E-state index contributed by atoms with van der Waals surface area (Å²) in [6.07, 6.45) is 0. The van der Waals surface area contributed by atoms with E-state index in [0.29, 0.717) is 13.1 Å². The average molecular weight is 292 g/mol. The van der Waals surface area contributed by atoms with Gasteiger partial charge in [-0.3, -0.25) is 9.59 Å². The van der Waals surface area contributed by atoms with Crippen LogP contribution in [0, 0.1) is 11.3 Å². The van der Waals surface area contributed by atoms with Crippen LogP contribution in [0.25, 0.3) is 0 Å². The normalized spacial score (nSPS) is 12.7. The molecule has 0 fully saturated rings. The molecule has 1 aromatic carbocycles. The van der Waals surface area contributed by atoms with E-state index in [1.807, 2.05) is 30.3 Å². The molecule has 0 heterocycles. The van der Waals surface area contributed by atoms with Crippen LogP contribution in [-0.4, -0.2) is 25.0 Å². The number of nitrogens with two attached hydrogens (primary N) is 1. The van der Waals surface area contributed by atoms with Crippen molar-refractivity contribution in [1.29, 1.82) is 0 Å². The number of carbonyl (C=O) groups is 2. The van der Waals surface area contributed by atoms with Crippen molar-refractivity contribution in [3.8, 4) is 0 Å². The van der Waals surface area contributed by atoms with E-state index in [0.717, 1.165) is 5.56 Å². The summed E-state index contributed by atoms with van der Waals surface area (Å²) in [5.74, 6) is -0.907. The van der Waals surface area contributed by atoms with Gasteiger partial charge in [0.05, 0.1) is 11.3 Å². The number of rotatable bonds is 8. The van der Waals surface area contributed by atoms with Gasteiger partial charge in [-0.25, -0.2) is 0 Å². The van der Waals surface area contributed by atoms with E-state index in [1.165, 1.54) is 0 Å². The summed E-state index contributed by atoms with van der Waals surface area (Å²) < 4.78 is 5.25. The largest absolute Gasteiger partial charge is 0.461 e. The molecule has 21 heavy (non-hydrogen) atoms. The average Bonchev–Trinajstić information content (AvgIpc) is 2.45. The molecule has 1 amide bonds. The first-order chi connectivity index (χ1) is 9.83. The van der Waals surface area contributed by atoms with E-state index in [2.05, 4.69) is 5.32 Å². The van der Waals surface area contributed by atoms with Gasteiger partial charge >= 0.3 is 5.97 Å². The zero-order valence-corrected chi connectivity index (χ0v) is 12.9. The van der Waals surface area contributed by atoms with Crippen molar-refractivity contribution in [2.75, 3.05) is 13.1 Å². The standard InChI is InChI=1S/C16H24N2O3/c1-12(9-18-11-16(2,3)15(17)20)14(19)21-10-13-7-5-4-6-8-13/h4-8,12,18H,9-11H2,1-3H3,(H2,17,20). The number of hydrogen-bond donors (Lipinski definition) is 2. The molecular weight excluding hydrogens is 268 g/mol. The second kappa shape index (κ2) is 7.78. The Morgan fingerprint density at radius 3 is 2.48 bits per heavy atom. The molecule has 0 saturated carbocycles. The zero-order valence-electron chi connectivity index (χ0n) is 12.9. The van der Waals surface area contributed by atoms with E-state index in [4.69, 9.17) is 10.5 Å². The fraction of sp³-hybridized carbons (Fsp3) is 0.500. The number of carbonyl (C=O) groups excluding carboxylic acids is 2. The Labute approximate surface area is 125 Å². The fourth-order valence-corrected chi connectivity index (χ4v) is 1.64. The quantitative estimate of drug-likeness (QED) is 0.711. The van der Waals surface area contributed by atoms with Crippen LogP contribution in [0.3, 0.4) is 0 Å². The molecule has 0 aliphatic heterocycles. The van der Waals surface area contributed by atoms with Crippen molar-refractivity contribution >= 4 is 11.9 Å². The minimum absolute atomic E-state index is 0.261. The first kappa shape index (κ1) is 17.2. The fourth-order valence-electron chi connectivity index (χ4n) is 1.64. The minimum atomic E-state index is -0.631. The Bertz CT molecular complexity index is 472. The summed E-state index contributed by atoms with van der Waals surface area (Å²) in [6, 6.07) is 9.54. The molecule has 5 heteroatoms. The molecule has 3 N–H and O–H groups in total. The highest BCUT2D eigenvalue weighted by molar-refractivity contribution is 5.80. The van der Waals surface area contributed by atoms with Crippen LogP contribution in [-0.2, 0) is 20.9 Å². The van der Waals surface area contributed by atoms with Gasteiger partial charge in [0, 0.05) is 13.1 Å². The summed E-state index contributed by atoms with van der Waals surface area (Å²) >= 11 is 0. The highest BCUT2D eigenvalue weighted by Crippen LogP contribution is 2.12. The highest BCUT2D eigenvalue weighted by atomic mass is 16.5. The molecule has 0 aromatic heterocycles. The number of amides is 1. The summed E-state index contributed by atoms with van der Waals surface area (Å²) in [5, 5.41) is 3.08. The summed E-state index contributed by atoms with van der Waals surface area (Å²) in [7, 11) is 0. The van der Waals surface area contributed by atoms with Gasteiger partial charge in [0.15, 0.2) is 0 Å².